The number of nitrogens with zero attached hydrogens (tertiary/aromatic N) is 3. The molecule has 30 heavy (non-hydrogen) atoms. The van der Waals surface area contributed by atoms with Gasteiger partial charge >= 0.3 is 0 Å². The number of hydrogen-bond acceptors (Lipinski definition) is 4. The van der Waals surface area contributed by atoms with E-state index in [2.05, 4.69) is 17.0 Å². The molecule has 1 aliphatic rings. The van der Waals surface area contributed by atoms with E-state index in [-0.39, 0.29) is 5.91 Å². The summed E-state index contributed by atoms with van der Waals surface area (Å²) in [6.07, 6.45) is 1.50. The highest BCUT2D eigenvalue weighted by molar-refractivity contribution is 7.92. The summed E-state index contributed by atoms with van der Waals surface area (Å²) in [6, 6.07) is 16.1. The van der Waals surface area contributed by atoms with Crippen LogP contribution in [0.4, 0.5) is 5.69 Å². The Hall–Kier alpha value is -2.09. The SMILES string of the molecule is CC[C@H](C(=O)N1CCN(Cc2ccccc2)CC1)N(c1cccc(Cl)c1)S(C)(=O)=O. The molecule has 1 fully saturated rings. The summed E-state index contributed by atoms with van der Waals surface area (Å²) in [5.41, 5.74) is 1.65. The van der Waals surface area contributed by atoms with Crippen molar-refractivity contribution in [3.8, 4) is 0 Å². The largest absolute Gasteiger partial charge is 0.338 e. The van der Waals surface area contributed by atoms with E-state index in [9.17, 15) is 13.2 Å². The predicted molar refractivity (Wildman–Crippen MR) is 121 cm³/mol. The minimum absolute atomic E-state index is 0.165. The number of anilines is 1. The van der Waals surface area contributed by atoms with Crippen molar-refractivity contribution in [3.63, 3.8) is 0 Å². The quantitative estimate of drug-likeness (QED) is 0.651. The van der Waals surface area contributed by atoms with Gasteiger partial charge in [-0.1, -0.05) is 54.9 Å². The molecule has 0 aromatic heterocycles. The molecular formula is C22H28ClN3O3S. The van der Waals surface area contributed by atoms with E-state index in [0.717, 1.165) is 25.9 Å². The molecule has 8 heteroatoms. The lowest BCUT2D eigenvalue weighted by Gasteiger charge is -2.39. The number of carbonyl (C=O) groups excluding carboxylic acids is 1. The number of hydrogen-bond donors (Lipinski definition) is 0. The molecule has 1 atom stereocenters. The number of benzene rings is 2. The molecule has 6 nitrogen and oxygen atoms in total. The summed E-state index contributed by atoms with van der Waals surface area (Å²) in [7, 11) is -3.66. The minimum Gasteiger partial charge on any atom is -0.338 e. The molecule has 0 bridgehead atoms. The van der Waals surface area contributed by atoms with Crippen molar-refractivity contribution in [3.05, 3.63) is 65.2 Å². The van der Waals surface area contributed by atoms with Crippen molar-refractivity contribution in [2.45, 2.75) is 25.9 Å². The molecule has 0 aliphatic carbocycles. The van der Waals surface area contributed by atoms with E-state index in [1.54, 1.807) is 29.2 Å². The molecule has 2 aromatic rings. The van der Waals surface area contributed by atoms with Crippen molar-refractivity contribution in [2.24, 2.45) is 0 Å². The van der Waals surface area contributed by atoms with Gasteiger partial charge in [-0.2, -0.15) is 0 Å². The van der Waals surface area contributed by atoms with Gasteiger partial charge in [0.25, 0.3) is 0 Å². The van der Waals surface area contributed by atoms with Crippen LogP contribution in [0.2, 0.25) is 5.02 Å². The van der Waals surface area contributed by atoms with Gasteiger partial charge < -0.3 is 4.90 Å². The van der Waals surface area contributed by atoms with Crippen LogP contribution in [0, 0.1) is 0 Å². The van der Waals surface area contributed by atoms with Gasteiger partial charge in [-0.15, -0.1) is 0 Å². The third kappa shape index (κ3) is 5.53. The number of amides is 1. The van der Waals surface area contributed by atoms with Crippen LogP contribution in [-0.4, -0.2) is 62.6 Å². The van der Waals surface area contributed by atoms with Crippen molar-refractivity contribution >= 4 is 33.2 Å². The molecule has 0 unspecified atom stereocenters. The molecule has 1 amide bonds. The number of rotatable bonds is 7. The van der Waals surface area contributed by atoms with Gasteiger partial charge in [0.2, 0.25) is 15.9 Å². The van der Waals surface area contributed by atoms with Gasteiger partial charge in [-0.25, -0.2) is 8.42 Å². The van der Waals surface area contributed by atoms with Gasteiger partial charge in [0.05, 0.1) is 11.9 Å². The lowest BCUT2D eigenvalue weighted by atomic mass is 10.1. The zero-order valence-corrected chi connectivity index (χ0v) is 18.9. The Morgan fingerprint density at radius 1 is 1.07 bits per heavy atom. The summed E-state index contributed by atoms with van der Waals surface area (Å²) in [6.45, 7) is 5.35. The molecule has 0 radical (unpaired) electrons. The number of sulfonamides is 1. The first-order valence-corrected chi connectivity index (χ1v) is 12.3. The zero-order chi connectivity index (χ0) is 21.7. The second kappa shape index (κ2) is 9.81. The Morgan fingerprint density at radius 2 is 1.73 bits per heavy atom. The Kier molecular flexibility index (Phi) is 7.39. The van der Waals surface area contributed by atoms with Crippen LogP contribution in [0.3, 0.4) is 0 Å². The average Bonchev–Trinajstić information content (AvgIpc) is 2.72. The fraction of sp³-hybridized carbons (Fsp3) is 0.409. The molecule has 3 rings (SSSR count). The molecule has 1 aliphatic heterocycles. The Labute approximate surface area is 184 Å². The second-order valence-corrected chi connectivity index (χ2v) is 9.85. The van der Waals surface area contributed by atoms with Crippen LogP contribution in [-0.2, 0) is 21.4 Å². The normalized spacial score (nSPS) is 16.3. The van der Waals surface area contributed by atoms with E-state index in [1.807, 2.05) is 25.1 Å². The molecular weight excluding hydrogens is 422 g/mol. The van der Waals surface area contributed by atoms with E-state index >= 15 is 0 Å². The van der Waals surface area contributed by atoms with Crippen LogP contribution in [0.25, 0.3) is 0 Å². The minimum atomic E-state index is -3.66. The summed E-state index contributed by atoms with van der Waals surface area (Å²) in [4.78, 5) is 17.4. The molecule has 162 valence electrons. The lowest BCUT2D eigenvalue weighted by molar-refractivity contribution is -0.134. The first kappa shape index (κ1) is 22.6. The lowest BCUT2D eigenvalue weighted by Crippen LogP contribution is -2.55. The van der Waals surface area contributed by atoms with Gasteiger partial charge in [0, 0.05) is 37.7 Å². The van der Waals surface area contributed by atoms with Crippen molar-refractivity contribution in [1.82, 2.24) is 9.80 Å². The van der Waals surface area contributed by atoms with Crippen LogP contribution in [0.1, 0.15) is 18.9 Å². The van der Waals surface area contributed by atoms with Gasteiger partial charge in [-0.05, 0) is 30.2 Å². The fourth-order valence-corrected chi connectivity index (χ4v) is 5.22. The third-order valence-electron chi connectivity index (χ3n) is 5.31. The highest BCUT2D eigenvalue weighted by Gasteiger charge is 2.35. The van der Waals surface area contributed by atoms with Crippen molar-refractivity contribution in [1.29, 1.82) is 0 Å². The summed E-state index contributed by atoms with van der Waals surface area (Å²) >= 11 is 6.08. The predicted octanol–water partition coefficient (Wildman–Crippen LogP) is 3.23. The summed E-state index contributed by atoms with van der Waals surface area (Å²) < 4.78 is 26.4. The molecule has 1 saturated heterocycles. The van der Waals surface area contributed by atoms with Crippen molar-refractivity contribution in [2.75, 3.05) is 36.7 Å². The highest BCUT2D eigenvalue weighted by Crippen LogP contribution is 2.26. The maximum atomic E-state index is 13.3. The Balaban J connectivity index is 1.72. The summed E-state index contributed by atoms with van der Waals surface area (Å²) in [5, 5.41) is 0.429. The third-order valence-corrected chi connectivity index (χ3v) is 6.72. The number of halogens is 1. The standard InChI is InChI=1S/C22H28ClN3O3S/c1-3-21(26(30(2,28)29)20-11-7-10-19(23)16-20)22(27)25-14-12-24(13-15-25)17-18-8-5-4-6-9-18/h4-11,16,21H,3,12-15,17H2,1-2H3/t21-/m1/s1. The highest BCUT2D eigenvalue weighted by atomic mass is 35.5. The monoisotopic (exact) mass is 449 g/mol. The number of carbonyl (C=O) groups is 1. The topological polar surface area (TPSA) is 60.9 Å². The van der Waals surface area contributed by atoms with Gasteiger partial charge in [-0.3, -0.25) is 14.0 Å². The van der Waals surface area contributed by atoms with E-state index < -0.39 is 16.1 Å². The Bertz CT molecular complexity index is 961. The maximum Gasteiger partial charge on any atom is 0.246 e. The maximum absolute atomic E-state index is 13.3. The molecule has 0 N–H and O–H groups in total. The average molecular weight is 450 g/mol. The van der Waals surface area contributed by atoms with Gasteiger partial charge in [0.15, 0.2) is 0 Å². The number of piperazine rings is 1. The van der Waals surface area contributed by atoms with E-state index in [4.69, 9.17) is 11.6 Å². The second-order valence-electron chi connectivity index (χ2n) is 7.55. The van der Waals surface area contributed by atoms with Gasteiger partial charge in [0.1, 0.15) is 6.04 Å². The van der Waals surface area contributed by atoms with Crippen LogP contribution < -0.4 is 4.31 Å². The first-order valence-electron chi connectivity index (χ1n) is 10.1. The van der Waals surface area contributed by atoms with Crippen LogP contribution >= 0.6 is 11.6 Å². The first-order chi connectivity index (χ1) is 14.3. The summed E-state index contributed by atoms with van der Waals surface area (Å²) in [5.74, 6) is -0.165. The molecule has 2 aromatic carbocycles. The van der Waals surface area contributed by atoms with Crippen LogP contribution in [0.5, 0.6) is 0 Å². The fourth-order valence-electron chi connectivity index (χ4n) is 3.84. The molecule has 1 heterocycles. The van der Waals surface area contributed by atoms with E-state index in [0.29, 0.717) is 30.2 Å². The van der Waals surface area contributed by atoms with Crippen LogP contribution in [0.15, 0.2) is 54.6 Å². The zero-order valence-electron chi connectivity index (χ0n) is 17.4. The molecule has 0 spiro atoms. The molecule has 0 saturated carbocycles. The van der Waals surface area contributed by atoms with E-state index in [1.165, 1.54) is 9.87 Å². The Morgan fingerprint density at radius 3 is 2.30 bits per heavy atom. The van der Waals surface area contributed by atoms with Crippen molar-refractivity contribution < 1.29 is 13.2 Å². The smallest absolute Gasteiger partial charge is 0.246 e.